The molecule has 1 atom stereocenters. The molecule has 3 aromatic rings. The van der Waals surface area contributed by atoms with E-state index in [-0.39, 0.29) is 43.1 Å². The largest absolute Gasteiger partial charge is 0.507 e. The molecule has 192 valence electrons. The molecule has 1 N–H and O–H groups in total. The minimum atomic E-state index is -1.06. The van der Waals surface area contributed by atoms with E-state index in [1.54, 1.807) is 12.1 Å². The van der Waals surface area contributed by atoms with Crippen LogP contribution in [0.5, 0.6) is 5.75 Å². The third-order valence-electron chi connectivity index (χ3n) is 6.19. The smallest absolute Gasteiger partial charge is 0.300 e. The van der Waals surface area contributed by atoms with Crippen LogP contribution in [0, 0.1) is 5.82 Å². The van der Waals surface area contributed by atoms with Crippen LogP contribution in [-0.2, 0) is 15.0 Å². The van der Waals surface area contributed by atoms with Crippen LogP contribution in [-0.4, -0.2) is 23.9 Å². The van der Waals surface area contributed by atoms with E-state index in [2.05, 4.69) is 20.8 Å². The first kappa shape index (κ1) is 27.0. The number of ketones is 1. The Balaban J connectivity index is 2.00. The van der Waals surface area contributed by atoms with Crippen LogP contribution < -0.4 is 9.64 Å². The topological polar surface area (TPSA) is 66.8 Å². The Labute approximate surface area is 229 Å². The van der Waals surface area contributed by atoms with Gasteiger partial charge in [0.25, 0.3) is 11.7 Å². The van der Waals surface area contributed by atoms with E-state index in [1.807, 2.05) is 12.1 Å². The molecular weight excluding hydrogens is 540 g/mol. The lowest BCUT2D eigenvalue weighted by atomic mass is 9.85. The van der Waals surface area contributed by atoms with Gasteiger partial charge in [-0.05, 0) is 46.9 Å². The van der Waals surface area contributed by atoms with Crippen LogP contribution in [0.25, 0.3) is 5.76 Å². The number of carbonyl (C=O) groups excluding carboxylic acids is 2. The second-order valence-corrected chi connectivity index (χ2v) is 10.9. The van der Waals surface area contributed by atoms with Gasteiger partial charge in [-0.1, -0.05) is 79.8 Å². The molecule has 0 saturated carbocycles. The first-order chi connectivity index (χ1) is 17.3. The van der Waals surface area contributed by atoms with Crippen LogP contribution in [0.1, 0.15) is 43.5 Å². The van der Waals surface area contributed by atoms with Gasteiger partial charge in [0.2, 0.25) is 0 Å². The maximum Gasteiger partial charge on any atom is 0.300 e. The van der Waals surface area contributed by atoms with E-state index in [0.29, 0.717) is 5.56 Å². The number of aliphatic hydroxyl groups excluding tert-OH is 1. The highest BCUT2D eigenvalue weighted by atomic mass is 35.5. The lowest BCUT2D eigenvalue weighted by molar-refractivity contribution is -0.132. The van der Waals surface area contributed by atoms with Gasteiger partial charge in [-0.15, -0.1) is 0 Å². The number of nitrogens with zero attached hydrogens (tertiary/aromatic N) is 1. The number of amides is 1. The second kappa shape index (κ2) is 10.0. The Kier molecular flexibility index (Phi) is 7.30. The fourth-order valence-corrected chi connectivity index (χ4v) is 5.05. The predicted molar refractivity (Wildman–Crippen MR) is 144 cm³/mol. The van der Waals surface area contributed by atoms with Crippen LogP contribution >= 0.6 is 34.8 Å². The summed E-state index contributed by atoms with van der Waals surface area (Å²) in [5.74, 6) is -2.96. The zero-order valence-electron chi connectivity index (χ0n) is 20.4. The van der Waals surface area contributed by atoms with Gasteiger partial charge in [-0.2, -0.15) is 0 Å². The Morgan fingerprint density at radius 3 is 2.19 bits per heavy atom. The molecular formula is C28H23Cl3FNO4. The zero-order valence-corrected chi connectivity index (χ0v) is 22.7. The molecule has 9 heteroatoms. The summed E-state index contributed by atoms with van der Waals surface area (Å²) in [4.78, 5) is 28.0. The molecule has 1 aliphatic heterocycles. The quantitative estimate of drug-likeness (QED) is 0.201. The maximum absolute atomic E-state index is 13.9. The predicted octanol–water partition coefficient (Wildman–Crippen LogP) is 7.72. The molecule has 1 unspecified atom stereocenters. The molecule has 4 rings (SSSR count). The van der Waals surface area contributed by atoms with Crippen molar-refractivity contribution in [3.8, 4) is 5.75 Å². The monoisotopic (exact) mass is 561 g/mol. The number of carbonyl (C=O) groups is 2. The number of benzene rings is 3. The number of anilines is 1. The van der Waals surface area contributed by atoms with Gasteiger partial charge < -0.3 is 9.84 Å². The fourth-order valence-electron chi connectivity index (χ4n) is 4.30. The van der Waals surface area contributed by atoms with E-state index < -0.39 is 29.3 Å². The van der Waals surface area contributed by atoms with Gasteiger partial charge in [0.15, 0.2) is 0 Å². The van der Waals surface area contributed by atoms with Gasteiger partial charge in [-0.3, -0.25) is 14.5 Å². The average molecular weight is 563 g/mol. The summed E-state index contributed by atoms with van der Waals surface area (Å²) in [5, 5.41) is 11.5. The van der Waals surface area contributed by atoms with Crippen molar-refractivity contribution in [3.63, 3.8) is 0 Å². The van der Waals surface area contributed by atoms with E-state index in [4.69, 9.17) is 39.5 Å². The summed E-state index contributed by atoms with van der Waals surface area (Å²) >= 11 is 18.4. The summed E-state index contributed by atoms with van der Waals surface area (Å²) in [6.07, 6.45) is 0. The molecule has 37 heavy (non-hydrogen) atoms. The third-order valence-corrected chi connectivity index (χ3v) is 6.97. The molecule has 0 spiro atoms. The minimum Gasteiger partial charge on any atom is -0.507 e. The number of ether oxygens (including phenoxy) is 1. The highest BCUT2D eigenvalue weighted by Gasteiger charge is 2.47. The van der Waals surface area contributed by atoms with E-state index in [0.717, 1.165) is 11.6 Å². The number of Topliss-reactive ketones (excluding diaryl/α,β-unsaturated/α-hetero) is 1. The first-order valence-corrected chi connectivity index (χ1v) is 12.4. The second-order valence-electron chi connectivity index (χ2n) is 9.61. The number of methoxy groups -OCH3 is 1. The Bertz CT molecular complexity index is 1450. The van der Waals surface area contributed by atoms with E-state index in [1.165, 1.54) is 36.3 Å². The highest BCUT2D eigenvalue weighted by molar-refractivity contribution is 6.52. The Morgan fingerprint density at radius 1 is 0.973 bits per heavy atom. The number of hydrogen-bond donors (Lipinski definition) is 1. The lowest BCUT2D eigenvalue weighted by Crippen LogP contribution is -2.29. The molecule has 0 bridgehead atoms. The lowest BCUT2D eigenvalue weighted by Gasteiger charge is -2.27. The molecule has 1 aliphatic rings. The molecule has 1 fully saturated rings. The van der Waals surface area contributed by atoms with Crippen molar-refractivity contribution in [2.75, 3.05) is 12.0 Å². The van der Waals surface area contributed by atoms with E-state index in [9.17, 15) is 19.1 Å². The molecule has 1 amide bonds. The number of halogens is 4. The van der Waals surface area contributed by atoms with Crippen molar-refractivity contribution in [1.29, 1.82) is 0 Å². The van der Waals surface area contributed by atoms with Crippen molar-refractivity contribution >= 4 is 57.9 Å². The number of hydrogen-bond acceptors (Lipinski definition) is 4. The first-order valence-electron chi connectivity index (χ1n) is 11.2. The molecule has 0 radical (unpaired) electrons. The molecule has 0 aromatic heterocycles. The summed E-state index contributed by atoms with van der Waals surface area (Å²) in [6, 6.07) is 12.8. The van der Waals surface area contributed by atoms with Gasteiger partial charge in [0.05, 0.1) is 34.3 Å². The molecule has 0 aliphatic carbocycles. The SMILES string of the molecule is COc1c(Cl)cc(Cl)cc1/C(O)=C1\C(=O)C(=O)N(c2ccc(F)c(Cl)c2)C1c1ccc(C(C)(C)C)cc1. The zero-order chi connectivity index (χ0) is 27.2. The number of aliphatic hydroxyl groups is 1. The minimum absolute atomic E-state index is 0.0476. The standard InChI is InChI=1S/C28H23Cl3FNO4/c1-28(2,3)15-7-5-14(6-8-15)23-22(24(34)18-11-16(29)12-20(31)26(18)37-4)25(35)27(36)33(23)17-9-10-21(32)19(30)13-17/h5-13,23,34H,1-4H3/b24-22+. The van der Waals surface area contributed by atoms with E-state index >= 15 is 0 Å². The van der Waals surface area contributed by atoms with Gasteiger partial charge in [0.1, 0.15) is 17.3 Å². The summed E-state index contributed by atoms with van der Waals surface area (Å²) in [5.41, 5.74) is 1.46. The van der Waals surface area contributed by atoms with Gasteiger partial charge >= 0.3 is 0 Å². The molecule has 1 saturated heterocycles. The molecule has 5 nitrogen and oxygen atoms in total. The van der Waals surface area contributed by atoms with Crippen LogP contribution in [0.3, 0.4) is 0 Å². The average Bonchev–Trinajstić information content (AvgIpc) is 3.10. The third kappa shape index (κ3) is 4.93. The van der Waals surface area contributed by atoms with Crippen LogP contribution in [0.15, 0.2) is 60.2 Å². The van der Waals surface area contributed by atoms with Crippen molar-refractivity contribution in [2.24, 2.45) is 0 Å². The fraction of sp³-hybridized carbons (Fsp3) is 0.214. The van der Waals surface area contributed by atoms with Crippen LogP contribution in [0.2, 0.25) is 15.1 Å². The van der Waals surface area contributed by atoms with Gasteiger partial charge in [-0.25, -0.2) is 4.39 Å². The van der Waals surface area contributed by atoms with Crippen molar-refractivity contribution in [1.82, 2.24) is 0 Å². The van der Waals surface area contributed by atoms with Crippen molar-refractivity contribution in [2.45, 2.75) is 32.2 Å². The van der Waals surface area contributed by atoms with Gasteiger partial charge in [0, 0.05) is 10.7 Å². The van der Waals surface area contributed by atoms with Crippen LogP contribution in [0.4, 0.5) is 10.1 Å². The highest BCUT2D eigenvalue weighted by Crippen LogP contribution is 2.45. The Hall–Kier alpha value is -3.06. The van der Waals surface area contributed by atoms with Crippen molar-refractivity contribution < 1.29 is 23.8 Å². The van der Waals surface area contributed by atoms with Crippen molar-refractivity contribution in [3.05, 3.63) is 97.7 Å². The summed E-state index contributed by atoms with van der Waals surface area (Å²) in [7, 11) is 1.35. The molecule has 1 heterocycles. The number of rotatable bonds is 4. The summed E-state index contributed by atoms with van der Waals surface area (Å²) < 4.78 is 19.3. The normalized spacial score (nSPS) is 17.4. The summed E-state index contributed by atoms with van der Waals surface area (Å²) in [6.45, 7) is 6.18. The Morgan fingerprint density at radius 2 is 1.62 bits per heavy atom. The maximum atomic E-state index is 13.9. The molecule has 3 aromatic carbocycles.